The SMILES string of the molecule is Cc1ncc([N+](=O)[O-])n1CC(=O)Nc1ccccc1C(C)C. The number of nitrogens with zero attached hydrogens (tertiary/aromatic N) is 3. The predicted molar refractivity (Wildman–Crippen MR) is 82.8 cm³/mol. The smallest absolute Gasteiger partial charge is 0.343 e. The van der Waals surface area contributed by atoms with Crippen molar-refractivity contribution >= 4 is 17.4 Å². The van der Waals surface area contributed by atoms with Crippen LogP contribution in [0.4, 0.5) is 11.5 Å². The second-order valence-electron chi connectivity index (χ2n) is 5.30. The Morgan fingerprint density at radius 2 is 2.09 bits per heavy atom. The molecule has 0 aliphatic heterocycles. The lowest BCUT2D eigenvalue weighted by Gasteiger charge is -2.13. The van der Waals surface area contributed by atoms with Crippen LogP contribution in [-0.2, 0) is 11.3 Å². The van der Waals surface area contributed by atoms with Gasteiger partial charge in [-0.2, -0.15) is 0 Å². The fraction of sp³-hybridized carbons (Fsp3) is 0.333. The van der Waals surface area contributed by atoms with E-state index in [1.165, 1.54) is 4.57 Å². The van der Waals surface area contributed by atoms with Crippen molar-refractivity contribution in [1.82, 2.24) is 9.55 Å². The molecule has 0 aliphatic carbocycles. The zero-order valence-corrected chi connectivity index (χ0v) is 12.7. The molecule has 0 spiro atoms. The number of carbonyl (C=O) groups is 1. The van der Waals surface area contributed by atoms with Gasteiger partial charge in [0.1, 0.15) is 6.20 Å². The summed E-state index contributed by atoms with van der Waals surface area (Å²) in [5, 5.41) is 13.7. The van der Waals surface area contributed by atoms with E-state index in [9.17, 15) is 14.9 Å². The van der Waals surface area contributed by atoms with E-state index in [1.807, 2.05) is 38.1 Å². The third-order valence-electron chi connectivity index (χ3n) is 3.38. The largest absolute Gasteiger partial charge is 0.358 e. The summed E-state index contributed by atoms with van der Waals surface area (Å²) in [5.74, 6) is 0.182. The lowest BCUT2D eigenvalue weighted by atomic mass is 10.0. The number of hydrogen-bond donors (Lipinski definition) is 1. The molecule has 0 saturated carbocycles. The molecule has 0 saturated heterocycles. The van der Waals surface area contributed by atoms with Crippen LogP contribution in [0, 0.1) is 17.0 Å². The van der Waals surface area contributed by atoms with Gasteiger partial charge in [0.05, 0.1) is 0 Å². The number of aryl methyl sites for hydroxylation is 1. The molecule has 7 heteroatoms. The predicted octanol–water partition coefficient (Wildman–Crippen LogP) is 2.86. The van der Waals surface area contributed by atoms with Gasteiger partial charge in [-0.15, -0.1) is 0 Å². The fourth-order valence-corrected chi connectivity index (χ4v) is 2.25. The van der Waals surface area contributed by atoms with Crippen LogP contribution in [0.2, 0.25) is 0 Å². The summed E-state index contributed by atoms with van der Waals surface area (Å²) >= 11 is 0. The zero-order chi connectivity index (χ0) is 16.3. The summed E-state index contributed by atoms with van der Waals surface area (Å²) in [6.07, 6.45) is 1.16. The molecule has 116 valence electrons. The quantitative estimate of drug-likeness (QED) is 0.679. The minimum absolute atomic E-state index is 0.144. The minimum atomic E-state index is -0.546. The van der Waals surface area contributed by atoms with E-state index in [-0.39, 0.29) is 24.2 Å². The first-order valence-electron chi connectivity index (χ1n) is 6.95. The highest BCUT2D eigenvalue weighted by molar-refractivity contribution is 5.91. The Morgan fingerprint density at radius 3 is 2.73 bits per heavy atom. The highest BCUT2D eigenvalue weighted by Gasteiger charge is 2.20. The first-order valence-corrected chi connectivity index (χ1v) is 6.95. The van der Waals surface area contributed by atoms with Crippen molar-refractivity contribution in [1.29, 1.82) is 0 Å². The van der Waals surface area contributed by atoms with Gasteiger partial charge in [0.15, 0.2) is 12.4 Å². The van der Waals surface area contributed by atoms with Gasteiger partial charge in [0.25, 0.3) is 5.91 Å². The van der Waals surface area contributed by atoms with Crippen LogP contribution in [0.5, 0.6) is 0 Å². The molecule has 0 fully saturated rings. The van der Waals surface area contributed by atoms with Crippen LogP contribution >= 0.6 is 0 Å². The molecule has 1 amide bonds. The summed E-state index contributed by atoms with van der Waals surface area (Å²) in [6.45, 7) is 5.56. The molecule has 1 heterocycles. The summed E-state index contributed by atoms with van der Waals surface area (Å²) < 4.78 is 1.29. The van der Waals surface area contributed by atoms with Crippen molar-refractivity contribution in [2.75, 3.05) is 5.32 Å². The molecule has 0 bridgehead atoms. The molecule has 1 aromatic heterocycles. The van der Waals surface area contributed by atoms with Crippen LogP contribution < -0.4 is 5.32 Å². The first-order chi connectivity index (χ1) is 10.4. The monoisotopic (exact) mass is 302 g/mol. The van der Waals surface area contributed by atoms with Gasteiger partial charge in [-0.05, 0) is 22.5 Å². The van der Waals surface area contributed by atoms with E-state index in [1.54, 1.807) is 6.92 Å². The Balaban J connectivity index is 2.18. The number of amides is 1. The highest BCUT2D eigenvalue weighted by atomic mass is 16.6. The van der Waals surface area contributed by atoms with Gasteiger partial charge >= 0.3 is 5.82 Å². The van der Waals surface area contributed by atoms with Crippen molar-refractivity contribution in [3.8, 4) is 0 Å². The lowest BCUT2D eigenvalue weighted by Crippen LogP contribution is -2.21. The second kappa shape index (κ2) is 6.38. The number of rotatable bonds is 5. The highest BCUT2D eigenvalue weighted by Crippen LogP contribution is 2.24. The maximum Gasteiger partial charge on any atom is 0.343 e. The van der Waals surface area contributed by atoms with Gasteiger partial charge in [0, 0.05) is 12.6 Å². The molecule has 2 aromatic rings. The molecule has 0 aliphatic rings. The van der Waals surface area contributed by atoms with E-state index in [2.05, 4.69) is 10.3 Å². The van der Waals surface area contributed by atoms with Crippen LogP contribution in [0.3, 0.4) is 0 Å². The van der Waals surface area contributed by atoms with Crippen molar-refractivity contribution in [2.24, 2.45) is 0 Å². The average Bonchev–Trinajstić information content (AvgIpc) is 2.80. The molecule has 1 N–H and O–H groups in total. The molecule has 0 unspecified atom stereocenters. The Bertz CT molecular complexity index is 707. The Morgan fingerprint density at radius 1 is 1.41 bits per heavy atom. The van der Waals surface area contributed by atoms with Gasteiger partial charge in [-0.1, -0.05) is 32.0 Å². The molecular formula is C15H18N4O3. The van der Waals surface area contributed by atoms with Crippen LogP contribution in [0.1, 0.15) is 31.2 Å². The number of aromatic nitrogens is 2. The Hall–Kier alpha value is -2.70. The van der Waals surface area contributed by atoms with Gasteiger partial charge in [-0.25, -0.2) is 9.55 Å². The van der Waals surface area contributed by atoms with Crippen LogP contribution in [0.25, 0.3) is 0 Å². The van der Waals surface area contributed by atoms with E-state index in [0.717, 1.165) is 17.4 Å². The number of benzene rings is 1. The van der Waals surface area contributed by atoms with Crippen molar-refractivity contribution in [3.63, 3.8) is 0 Å². The fourth-order valence-electron chi connectivity index (χ4n) is 2.25. The second-order valence-corrected chi connectivity index (χ2v) is 5.30. The summed E-state index contributed by atoms with van der Waals surface area (Å²) in [6, 6.07) is 7.52. The number of carbonyl (C=O) groups excluding carboxylic acids is 1. The standard InChI is InChI=1S/C15H18N4O3/c1-10(2)12-6-4-5-7-13(12)17-14(20)9-18-11(3)16-8-15(18)19(21)22/h4-8,10H,9H2,1-3H3,(H,17,20). The van der Waals surface area contributed by atoms with E-state index in [0.29, 0.717) is 5.82 Å². The number of para-hydroxylation sites is 1. The summed E-state index contributed by atoms with van der Waals surface area (Å²) in [7, 11) is 0. The number of nitro groups is 1. The maximum atomic E-state index is 12.2. The van der Waals surface area contributed by atoms with E-state index in [4.69, 9.17) is 0 Å². The molecular weight excluding hydrogens is 284 g/mol. The number of imidazole rings is 1. The molecule has 22 heavy (non-hydrogen) atoms. The van der Waals surface area contributed by atoms with E-state index < -0.39 is 4.92 Å². The lowest BCUT2D eigenvalue weighted by molar-refractivity contribution is -0.392. The molecule has 2 rings (SSSR count). The topological polar surface area (TPSA) is 90.1 Å². The maximum absolute atomic E-state index is 12.2. The number of hydrogen-bond acceptors (Lipinski definition) is 4. The van der Waals surface area contributed by atoms with Gasteiger partial charge in [-0.3, -0.25) is 4.79 Å². The molecule has 7 nitrogen and oxygen atoms in total. The molecule has 1 aromatic carbocycles. The molecule has 0 radical (unpaired) electrons. The zero-order valence-electron chi connectivity index (χ0n) is 12.7. The van der Waals surface area contributed by atoms with Crippen molar-refractivity contribution < 1.29 is 9.72 Å². The van der Waals surface area contributed by atoms with Crippen LogP contribution in [0.15, 0.2) is 30.5 Å². The summed E-state index contributed by atoms with van der Waals surface area (Å²) in [5.41, 5.74) is 1.75. The van der Waals surface area contributed by atoms with Crippen molar-refractivity contribution in [2.45, 2.75) is 33.2 Å². The van der Waals surface area contributed by atoms with E-state index >= 15 is 0 Å². The average molecular weight is 302 g/mol. The third-order valence-corrected chi connectivity index (χ3v) is 3.38. The summed E-state index contributed by atoms with van der Waals surface area (Å²) in [4.78, 5) is 26.5. The van der Waals surface area contributed by atoms with Gasteiger partial charge < -0.3 is 15.4 Å². The molecule has 0 atom stereocenters. The Labute approximate surface area is 128 Å². The Kier molecular flexibility index (Phi) is 4.55. The minimum Gasteiger partial charge on any atom is -0.358 e. The normalized spacial score (nSPS) is 10.7. The van der Waals surface area contributed by atoms with Crippen LogP contribution in [-0.4, -0.2) is 20.4 Å². The first kappa shape index (κ1) is 15.7. The van der Waals surface area contributed by atoms with Gasteiger partial charge in [0.2, 0.25) is 0 Å². The van der Waals surface area contributed by atoms with Crippen molar-refractivity contribution in [3.05, 3.63) is 52.0 Å². The third kappa shape index (κ3) is 3.30. The number of anilines is 1. The number of nitrogens with one attached hydrogen (secondary N) is 1.